The number of ether oxygens (including phenoxy) is 2. The zero-order valence-corrected chi connectivity index (χ0v) is 24.0. The molecule has 0 radical (unpaired) electrons. The van der Waals surface area contributed by atoms with E-state index in [9.17, 15) is 18.8 Å². The van der Waals surface area contributed by atoms with Gasteiger partial charge in [-0.1, -0.05) is 48.0 Å². The van der Waals surface area contributed by atoms with Crippen molar-refractivity contribution in [2.45, 2.75) is 18.0 Å². The Bertz CT molecular complexity index is 1830. The molecule has 0 unspecified atom stereocenters. The number of anilines is 1. The fourth-order valence-corrected chi connectivity index (χ4v) is 7.28. The van der Waals surface area contributed by atoms with E-state index in [1.807, 2.05) is 4.90 Å². The third-order valence-electron chi connectivity index (χ3n) is 8.94. The van der Waals surface area contributed by atoms with Crippen LogP contribution in [0.1, 0.15) is 48.1 Å². The van der Waals surface area contributed by atoms with E-state index in [0.29, 0.717) is 50.0 Å². The summed E-state index contributed by atoms with van der Waals surface area (Å²) in [6.45, 7) is 0. The summed E-state index contributed by atoms with van der Waals surface area (Å²) in [6.07, 6.45) is 3.47. The molecule has 8 heteroatoms. The van der Waals surface area contributed by atoms with Crippen molar-refractivity contribution in [1.29, 1.82) is 0 Å². The number of methoxy groups -OCH3 is 2. The molecule has 2 aliphatic heterocycles. The molecule has 0 amide bonds. The molecule has 4 aromatic rings. The van der Waals surface area contributed by atoms with Crippen LogP contribution in [-0.2, 0) is 0 Å². The number of carbonyl (C=O) groups is 3. The lowest BCUT2D eigenvalue weighted by Gasteiger charge is -2.37. The molecule has 43 heavy (non-hydrogen) atoms. The van der Waals surface area contributed by atoms with E-state index >= 15 is 0 Å². The van der Waals surface area contributed by atoms with Gasteiger partial charge < -0.3 is 14.4 Å². The van der Waals surface area contributed by atoms with Crippen molar-refractivity contribution >= 4 is 40.7 Å². The molecule has 0 N–H and O–H groups in total. The van der Waals surface area contributed by atoms with Crippen molar-refractivity contribution in [3.63, 3.8) is 0 Å². The van der Waals surface area contributed by atoms with Gasteiger partial charge in [0.15, 0.2) is 17.3 Å². The first-order chi connectivity index (χ1) is 20.8. The van der Waals surface area contributed by atoms with E-state index in [4.69, 9.17) is 21.1 Å². The van der Waals surface area contributed by atoms with Crippen LogP contribution < -0.4 is 14.4 Å². The van der Waals surface area contributed by atoms with E-state index in [1.165, 1.54) is 26.4 Å². The van der Waals surface area contributed by atoms with Crippen molar-refractivity contribution in [3.8, 4) is 11.5 Å². The second-order valence-electron chi connectivity index (χ2n) is 10.9. The number of benzene rings is 4. The molecule has 4 aromatic carbocycles. The van der Waals surface area contributed by atoms with Gasteiger partial charge in [0.2, 0.25) is 0 Å². The second-order valence-corrected chi connectivity index (χ2v) is 11.3. The van der Waals surface area contributed by atoms with Gasteiger partial charge in [0.25, 0.3) is 0 Å². The van der Waals surface area contributed by atoms with E-state index in [1.54, 1.807) is 84.9 Å². The van der Waals surface area contributed by atoms with Gasteiger partial charge in [-0.15, -0.1) is 0 Å². The summed E-state index contributed by atoms with van der Waals surface area (Å²) in [6, 6.07) is 20.8. The van der Waals surface area contributed by atoms with Crippen molar-refractivity contribution in [2.24, 2.45) is 5.41 Å². The topological polar surface area (TPSA) is 72.9 Å². The van der Waals surface area contributed by atoms with Crippen molar-refractivity contribution in [2.75, 3.05) is 19.1 Å². The van der Waals surface area contributed by atoms with Gasteiger partial charge in [-0.25, -0.2) is 4.39 Å². The SMILES string of the molecule is COc1ccc(OC)c([C@@H]2[C@H](C(=O)c3ccc(Cl)cc3)N3c4ccc(F)cc4C=C[C@@H]3C23C(=O)c2ccccc2C3=O)c1. The van der Waals surface area contributed by atoms with Crippen LogP contribution in [0.5, 0.6) is 11.5 Å². The summed E-state index contributed by atoms with van der Waals surface area (Å²) < 4.78 is 25.8. The number of rotatable bonds is 5. The fraction of sp³-hybridized carbons (Fsp3) is 0.171. The van der Waals surface area contributed by atoms with Gasteiger partial charge in [0.1, 0.15) is 28.8 Å². The first-order valence-corrected chi connectivity index (χ1v) is 14.2. The van der Waals surface area contributed by atoms with E-state index in [0.717, 1.165) is 0 Å². The highest BCUT2D eigenvalue weighted by Gasteiger charge is 2.72. The Morgan fingerprint density at radius 3 is 2.23 bits per heavy atom. The summed E-state index contributed by atoms with van der Waals surface area (Å²) in [5.41, 5.74) is 0.782. The second kappa shape index (κ2) is 9.92. The summed E-state index contributed by atoms with van der Waals surface area (Å²) in [7, 11) is 3.02. The number of ketones is 3. The van der Waals surface area contributed by atoms with Crippen LogP contribution in [0.3, 0.4) is 0 Å². The number of nitrogens with zero attached hydrogens (tertiary/aromatic N) is 1. The maximum absolute atomic E-state index is 14.8. The number of halogens is 2. The summed E-state index contributed by atoms with van der Waals surface area (Å²) in [4.78, 5) is 46.2. The average molecular weight is 594 g/mol. The predicted octanol–water partition coefficient (Wildman–Crippen LogP) is 6.81. The Hall–Kier alpha value is -4.75. The first kappa shape index (κ1) is 27.1. The monoisotopic (exact) mass is 593 g/mol. The Labute approximate surface area is 252 Å². The molecule has 1 spiro atoms. The smallest absolute Gasteiger partial charge is 0.185 e. The number of fused-ring (bicyclic) bond motifs is 5. The largest absolute Gasteiger partial charge is 0.497 e. The Kier molecular flexibility index (Phi) is 6.25. The van der Waals surface area contributed by atoms with E-state index in [2.05, 4.69) is 0 Å². The molecule has 6 nitrogen and oxygen atoms in total. The van der Waals surface area contributed by atoms with Crippen LogP contribution in [0.15, 0.2) is 91.0 Å². The normalized spacial score (nSPS) is 21.0. The zero-order chi connectivity index (χ0) is 30.0. The first-order valence-electron chi connectivity index (χ1n) is 13.8. The maximum Gasteiger partial charge on any atom is 0.185 e. The highest BCUT2D eigenvalue weighted by atomic mass is 35.5. The molecular formula is C35H25ClFNO5. The van der Waals surface area contributed by atoms with Crippen molar-refractivity contribution < 1.29 is 28.2 Å². The lowest BCUT2D eigenvalue weighted by molar-refractivity contribution is 0.0664. The van der Waals surface area contributed by atoms with E-state index in [-0.39, 0.29) is 17.3 Å². The molecule has 1 aliphatic carbocycles. The Morgan fingerprint density at radius 1 is 0.884 bits per heavy atom. The van der Waals surface area contributed by atoms with Crippen LogP contribution in [0, 0.1) is 11.2 Å². The van der Waals surface area contributed by atoms with Crippen molar-refractivity contribution in [1.82, 2.24) is 0 Å². The summed E-state index contributed by atoms with van der Waals surface area (Å²) in [5, 5.41) is 0.460. The average Bonchev–Trinajstić information content (AvgIpc) is 3.46. The summed E-state index contributed by atoms with van der Waals surface area (Å²) in [5.74, 6) is -1.66. The third kappa shape index (κ3) is 3.74. The molecule has 0 aromatic heterocycles. The van der Waals surface area contributed by atoms with Gasteiger partial charge in [0.05, 0.1) is 20.3 Å². The molecule has 1 fully saturated rings. The minimum absolute atomic E-state index is 0.303. The molecule has 7 rings (SSSR count). The molecule has 2 heterocycles. The highest BCUT2D eigenvalue weighted by molar-refractivity contribution is 6.32. The molecular weight excluding hydrogens is 569 g/mol. The van der Waals surface area contributed by atoms with Gasteiger partial charge >= 0.3 is 0 Å². The minimum atomic E-state index is -1.74. The predicted molar refractivity (Wildman–Crippen MR) is 161 cm³/mol. The van der Waals surface area contributed by atoms with Crippen LogP contribution in [0.4, 0.5) is 10.1 Å². The van der Waals surface area contributed by atoms with Crippen LogP contribution in [0.25, 0.3) is 6.08 Å². The summed E-state index contributed by atoms with van der Waals surface area (Å²) >= 11 is 6.17. The molecule has 1 saturated heterocycles. The minimum Gasteiger partial charge on any atom is -0.497 e. The van der Waals surface area contributed by atoms with Crippen molar-refractivity contribution in [3.05, 3.63) is 130 Å². The Balaban J connectivity index is 1.58. The van der Waals surface area contributed by atoms with Crippen LogP contribution in [0.2, 0.25) is 5.02 Å². The van der Waals surface area contributed by atoms with Gasteiger partial charge in [-0.2, -0.15) is 0 Å². The molecule has 3 atom stereocenters. The standard InChI is InChI=1S/C35H25ClFNO5/c1-42-23-13-15-28(43-2)26(18-23)30-31(32(39)19-7-10-21(36)11-8-19)38-27-14-12-22(37)17-20(27)9-16-29(38)35(30)33(40)24-5-3-4-6-25(24)34(35)41/h3-18,29-31H,1-2H3/t29-,30-,31-/m1/s1. The van der Waals surface area contributed by atoms with Gasteiger partial charge in [-0.3, -0.25) is 14.4 Å². The highest BCUT2D eigenvalue weighted by Crippen LogP contribution is 2.62. The number of hydrogen-bond donors (Lipinski definition) is 0. The van der Waals surface area contributed by atoms with Gasteiger partial charge in [-0.05, 0) is 60.7 Å². The molecule has 3 aliphatic rings. The quantitative estimate of drug-likeness (QED) is 0.187. The van der Waals surface area contributed by atoms with Crippen LogP contribution >= 0.6 is 11.6 Å². The lowest BCUT2D eigenvalue weighted by atomic mass is 9.64. The molecule has 0 saturated carbocycles. The maximum atomic E-state index is 14.8. The third-order valence-corrected chi connectivity index (χ3v) is 9.19. The fourth-order valence-electron chi connectivity index (χ4n) is 7.16. The number of carbonyl (C=O) groups excluding carboxylic acids is 3. The number of hydrogen-bond acceptors (Lipinski definition) is 6. The lowest BCUT2D eigenvalue weighted by Crippen LogP contribution is -2.48. The van der Waals surface area contributed by atoms with E-state index < -0.39 is 29.2 Å². The molecule has 214 valence electrons. The zero-order valence-electron chi connectivity index (χ0n) is 23.2. The molecule has 0 bridgehead atoms. The van der Waals surface area contributed by atoms with Gasteiger partial charge in [0, 0.05) is 44.4 Å². The van der Waals surface area contributed by atoms with Crippen LogP contribution in [-0.4, -0.2) is 43.7 Å². The number of Topliss-reactive ketones (excluding diaryl/α,β-unsaturated/α-hetero) is 3. The Morgan fingerprint density at radius 2 is 1.58 bits per heavy atom.